The van der Waals surface area contributed by atoms with Gasteiger partial charge in [0.2, 0.25) is 5.78 Å². The van der Waals surface area contributed by atoms with Crippen molar-refractivity contribution < 1.29 is 9.53 Å². The number of ketones is 1. The largest absolute Gasteiger partial charge is 0.497 e. The Morgan fingerprint density at radius 2 is 1.95 bits per heavy atom. The quantitative estimate of drug-likeness (QED) is 0.638. The summed E-state index contributed by atoms with van der Waals surface area (Å²) in [6.45, 7) is 0. The maximum atomic E-state index is 12.8. The Kier molecular flexibility index (Phi) is 4.31. The number of allylic oxidation sites excluding steroid dienone is 1. The minimum absolute atomic E-state index is 0.0555. The van der Waals surface area contributed by atoms with E-state index >= 15 is 0 Å². The van der Waals surface area contributed by atoms with E-state index in [9.17, 15) is 4.79 Å². The average molecular weight is 319 g/mol. The van der Waals surface area contributed by atoms with Crippen LogP contribution in [0.4, 0.5) is 0 Å². The lowest BCUT2D eigenvalue weighted by molar-refractivity contribution is 0.105. The summed E-state index contributed by atoms with van der Waals surface area (Å²) in [6.07, 6.45) is 3.00. The Bertz CT molecular complexity index is 658. The Labute approximate surface area is 130 Å². The number of carbonyl (C=O) groups is 1. The lowest BCUT2D eigenvalue weighted by Gasteiger charge is -2.09. The van der Waals surface area contributed by atoms with E-state index in [1.54, 1.807) is 65.9 Å². The number of methoxy groups -OCH3 is 1. The molecule has 5 nitrogen and oxygen atoms in total. The van der Waals surface area contributed by atoms with Crippen LogP contribution in [0.3, 0.4) is 0 Å². The van der Waals surface area contributed by atoms with Crippen LogP contribution in [0.2, 0.25) is 0 Å². The van der Waals surface area contributed by atoms with E-state index in [0.29, 0.717) is 11.3 Å². The van der Waals surface area contributed by atoms with Crippen molar-refractivity contribution in [3.63, 3.8) is 0 Å². The van der Waals surface area contributed by atoms with E-state index < -0.39 is 0 Å². The molecule has 1 aromatic carbocycles. The number of aromatic nitrogens is 3. The van der Waals surface area contributed by atoms with Gasteiger partial charge in [0.1, 0.15) is 24.1 Å². The molecule has 0 bridgehead atoms. The number of rotatable bonds is 4. The third-order valence-electron chi connectivity index (χ3n) is 2.96. The molecule has 1 aliphatic rings. The molecule has 108 valence electrons. The van der Waals surface area contributed by atoms with Crippen LogP contribution in [0, 0.1) is 0 Å². The van der Waals surface area contributed by atoms with Gasteiger partial charge in [0.25, 0.3) is 0 Å². The highest BCUT2D eigenvalue weighted by Crippen LogP contribution is 2.40. The van der Waals surface area contributed by atoms with Gasteiger partial charge in [-0.2, -0.15) is 5.10 Å². The van der Waals surface area contributed by atoms with Gasteiger partial charge in [-0.3, -0.25) is 4.79 Å². The van der Waals surface area contributed by atoms with E-state index in [2.05, 4.69) is 10.1 Å². The number of hydrogen-bond donors (Lipinski definition) is 0. The molecule has 0 N–H and O–H groups in total. The van der Waals surface area contributed by atoms with Crippen LogP contribution < -0.4 is 4.74 Å². The smallest absolute Gasteiger partial charge is 0.213 e. The molecule has 1 aliphatic heterocycles. The fourth-order valence-corrected chi connectivity index (χ4v) is 4.46. The minimum atomic E-state index is -0.0555. The zero-order valence-electron chi connectivity index (χ0n) is 11.4. The molecule has 2 heterocycles. The van der Waals surface area contributed by atoms with Crippen LogP contribution in [0.5, 0.6) is 5.75 Å². The first-order valence-corrected chi connectivity index (χ1v) is 8.30. The molecule has 0 amide bonds. The lowest BCUT2D eigenvalue weighted by atomic mass is 10.1. The molecule has 0 unspecified atom stereocenters. The molecule has 7 heteroatoms. The number of Topliss-reactive ketones (excluding diaryl/α,β-unsaturated/α-hetero) is 1. The van der Waals surface area contributed by atoms with Gasteiger partial charge in [-0.05, 0) is 24.3 Å². The fourth-order valence-electron chi connectivity index (χ4n) is 1.94. The first kappa shape index (κ1) is 14.2. The van der Waals surface area contributed by atoms with Crippen LogP contribution in [-0.4, -0.2) is 39.2 Å². The zero-order chi connectivity index (χ0) is 14.7. The third kappa shape index (κ3) is 2.98. The van der Waals surface area contributed by atoms with Crippen LogP contribution in [-0.2, 0) is 0 Å². The second-order valence-corrected chi connectivity index (χ2v) is 6.70. The lowest BCUT2D eigenvalue weighted by Crippen LogP contribution is -2.11. The summed E-state index contributed by atoms with van der Waals surface area (Å²) in [5.41, 5.74) is 1.19. The molecule has 1 fully saturated rings. The van der Waals surface area contributed by atoms with Gasteiger partial charge in [-0.1, -0.05) is 0 Å². The van der Waals surface area contributed by atoms with E-state index in [0.717, 1.165) is 21.5 Å². The Hall–Kier alpha value is -1.73. The van der Waals surface area contributed by atoms with Gasteiger partial charge in [-0.25, -0.2) is 9.67 Å². The van der Waals surface area contributed by atoms with Crippen molar-refractivity contribution in [2.75, 3.05) is 18.6 Å². The molecule has 0 spiro atoms. The van der Waals surface area contributed by atoms with E-state index in [1.807, 2.05) is 0 Å². The van der Waals surface area contributed by atoms with E-state index in [1.165, 1.54) is 6.33 Å². The highest BCUT2D eigenvalue weighted by molar-refractivity contribution is 8.25. The normalized spacial score (nSPS) is 14.2. The maximum Gasteiger partial charge on any atom is 0.213 e. The van der Waals surface area contributed by atoms with Crippen molar-refractivity contribution in [3.8, 4) is 5.75 Å². The van der Waals surface area contributed by atoms with Gasteiger partial charge < -0.3 is 4.74 Å². The second kappa shape index (κ2) is 6.36. The molecule has 2 aromatic rings. The first-order chi connectivity index (χ1) is 10.3. The van der Waals surface area contributed by atoms with Gasteiger partial charge in [0, 0.05) is 17.1 Å². The molecule has 3 rings (SSSR count). The number of carbonyl (C=O) groups excluding carboxylic acids is 1. The van der Waals surface area contributed by atoms with Gasteiger partial charge in [-0.15, -0.1) is 23.5 Å². The van der Waals surface area contributed by atoms with E-state index in [4.69, 9.17) is 4.74 Å². The molecule has 1 saturated heterocycles. The van der Waals surface area contributed by atoms with Crippen molar-refractivity contribution in [2.45, 2.75) is 0 Å². The summed E-state index contributed by atoms with van der Waals surface area (Å²) in [5.74, 6) is 2.69. The molecular formula is C14H13N3O2S2. The topological polar surface area (TPSA) is 57.0 Å². The Morgan fingerprint density at radius 3 is 2.52 bits per heavy atom. The highest BCUT2D eigenvalue weighted by atomic mass is 32.2. The molecule has 21 heavy (non-hydrogen) atoms. The fraction of sp³-hybridized carbons (Fsp3) is 0.214. The monoisotopic (exact) mass is 319 g/mol. The van der Waals surface area contributed by atoms with Gasteiger partial charge >= 0.3 is 0 Å². The van der Waals surface area contributed by atoms with Gasteiger partial charge in [0.05, 0.1) is 11.3 Å². The number of hydrogen-bond acceptors (Lipinski definition) is 6. The average Bonchev–Trinajstić information content (AvgIpc) is 3.21. The van der Waals surface area contributed by atoms with Crippen molar-refractivity contribution in [1.82, 2.24) is 14.8 Å². The van der Waals surface area contributed by atoms with Crippen LogP contribution >= 0.6 is 23.5 Å². The molecular weight excluding hydrogens is 306 g/mol. The molecule has 0 atom stereocenters. The highest BCUT2D eigenvalue weighted by Gasteiger charge is 2.23. The van der Waals surface area contributed by atoms with Crippen LogP contribution in [0.15, 0.2) is 41.2 Å². The molecule has 0 saturated carbocycles. The summed E-state index contributed by atoms with van der Waals surface area (Å²) in [7, 11) is 1.60. The third-order valence-corrected chi connectivity index (χ3v) is 5.65. The molecule has 0 aliphatic carbocycles. The number of thioether (sulfide) groups is 2. The summed E-state index contributed by atoms with van der Waals surface area (Å²) in [5, 5.41) is 4.12. The van der Waals surface area contributed by atoms with Crippen LogP contribution in [0.25, 0.3) is 5.70 Å². The summed E-state index contributed by atoms with van der Waals surface area (Å²) < 4.78 is 7.67. The summed E-state index contributed by atoms with van der Waals surface area (Å²) in [4.78, 5) is 16.8. The molecule has 0 radical (unpaired) electrons. The van der Waals surface area contributed by atoms with Crippen LogP contribution in [0.1, 0.15) is 10.4 Å². The second-order valence-electron chi connectivity index (χ2n) is 4.23. The predicted octanol–water partition coefficient (Wildman–Crippen LogP) is 2.78. The number of nitrogens with zero attached hydrogens (tertiary/aromatic N) is 3. The Morgan fingerprint density at radius 1 is 1.24 bits per heavy atom. The summed E-state index contributed by atoms with van der Waals surface area (Å²) in [6, 6.07) is 7.10. The van der Waals surface area contributed by atoms with Gasteiger partial charge in [0.15, 0.2) is 0 Å². The Balaban J connectivity index is 2.00. The van der Waals surface area contributed by atoms with Crippen molar-refractivity contribution in [3.05, 3.63) is 46.7 Å². The van der Waals surface area contributed by atoms with Crippen molar-refractivity contribution >= 4 is 35.0 Å². The van der Waals surface area contributed by atoms with Crippen molar-refractivity contribution in [1.29, 1.82) is 0 Å². The SMILES string of the molecule is COc1ccc(C(=O)C(=C2SCCS2)n2cncn2)cc1. The molecule has 1 aromatic heterocycles. The zero-order valence-corrected chi connectivity index (χ0v) is 13.0. The number of benzene rings is 1. The minimum Gasteiger partial charge on any atom is -0.497 e. The maximum absolute atomic E-state index is 12.8. The van der Waals surface area contributed by atoms with E-state index in [-0.39, 0.29) is 5.78 Å². The standard InChI is InChI=1S/C14H13N3O2S2/c1-19-11-4-2-10(3-5-11)13(18)12(14-20-6-7-21-14)17-9-15-8-16-17/h2-5,8-9H,6-7H2,1H3. The predicted molar refractivity (Wildman–Crippen MR) is 85.5 cm³/mol. The summed E-state index contributed by atoms with van der Waals surface area (Å²) >= 11 is 3.38. The number of ether oxygens (including phenoxy) is 1. The first-order valence-electron chi connectivity index (χ1n) is 6.33. The van der Waals surface area contributed by atoms with Crippen molar-refractivity contribution in [2.24, 2.45) is 0 Å².